The monoisotopic (exact) mass is 513 g/mol. The van der Waals surface area contributed by atoms with Crippen LogP contribution in [0.5, 0.6) is 0 Å². The van der Waals surface area contributed by atoms with Crippen LogP contribution in [0.25, 0.3) is 0 Å². The molecule has 200 valence electrons. The van der Waals surface area contributed by atoms with Crippen LogP contribution >= 0.6 is 0 Å². The van der Waals surface area contributed by atoms with Crippen molar-refractivity contribution in [1.82, 2.24) is 10.2 Å². The van der Waals surface area contributed by atoms with Crippen molar-refractivity contribution in [2.75, 3.05) is 18.4 Å². The molecule has 3 amide bonds. The lowest BCUT2D eigenvalue weighted by Gasteiger charge is -2.23. The zero-order valence-corrected chi connectivity index (χ0v) is 22.7. The number of amides is 3. The molecule has 2 atom stereocenters. The Labute approximate surface area is 226 Å². The van der Waals surface area contributed by atoms with Gasteiger partial charge in [-0.1, -0.05) is 75.4 Å². The number of rotatable bonds is 13. The Balaban J connectivity index is 1.74. The fourth-order valence-electron chi connectivity index (χ4n) is 4.51. The highest BCUT2D eigenvalue weighted by Crippen LogP contribution is 2.17. The number of nitrogens with zero attached hydrogens (tertiary/aromatic N) is 1. The van der Waals surface area contributed by atoms with Gasteiger partial charge in [0.1, 0.15) is 0 Å². The van der Waals surface area contributed by atoms with Gasteiger partial charge in [-0.2, -0.15) is 0 Å². The first-order chi connectivity index (χ1) is 18.4. The van der Waals surface area contributed by atoms with E-state index in [-0.39, 0.29) is 29.7 Å². The zero-order valence-electron chi connectivity index (χ0n) is 22.7. The summed E-state index contributed by atoms with van der Waals surface area (Å²) in [6.07, 6.45) is 2.82. The van der Waals surface area contributed by atoms with Crippen LogP contribution in [0.1, 0.15) is 66.3 Å². The first-order valence-electron chi connectivity index (χ1n) is 13.5. The number of para-hydroxylation sites is 1. The first-order valence-corrected chi connectivity index (χ1v) is 13.5. The van der Waals surface area contributed by atoms with Gasteiger partial charge in [-0.05, 0) is 61.6 Å². The second-order valence-electron chi connectivity index (χ2n) is 9.73. The van der Waals surface area contributed by atoms with E-state index in [4.69, 9.17) is 0 Å². The maximum absolute atomic E-state index is 13.3. The van der Waals surface area contributed by atoms with Gasteiger partial charge in [0.15, 0.2) is 0 Å². The number of anilines is 1. The van der Waals surface area contributed by atoms with Gasteiger partial charge in [-0.15, -0.1) is 0 Å². The molecule has 0 aliphatic rings. The predicted molar refractivity (Wildman–Crippen MR) is 153 cm³/mol. The van der Waals surface area contributed by atoms with Crippen LogP contribution in [0.3, 0.4) is 0 Å². The Morgan fingerprint density at radius 1 is 0.789 bits per heavy atom. The fourth-order valence-corrected chi connectivity index (χ4v) is 4.51. The summed E-state index contributed by atoms with van der Waals surface area (Å²) >= 11 is 0. The van der Waals surface area contributed by atoms with Gasteiger partial charge in [0.2, 0.25) is 5.91 Å². The summed E-state index contributed by atoms with van der Waals surface area (Å²) in [5.41, 5.74) is 2.76. The molecular formula is C32H39N3O3. The molecule has 0 radical (unpaired) electrons. The highest BCUT2D eigenvalue weighted by molar-refractivity contribution is 6.00. The number of hydrogen-bond donors (Lipinski definition) is 2. The molecule has 0 fully saturated rings. The molecule has 3 rings (SSSR count). The Kier molecular flexibility index (Phi) is 11.1. The smallest absolute Gasteiger partial charge is 0.253 e. The van der Waals surface area contributed by atoms with Gasteiger partial charge in [0.25, 0.3) is 11.8 Å². The third-order valence-corrected chi connectivity index (χ3v) is 6.43. The molecule has 1 unspecified atom stereocenters. The molecule has 6 nitrogen and oxygen atoms in total. The quantitative estimate of drug-likeness (QED) is 0.296. The maximum atomic E-state index is 13.3. The van der Waals surface area contributed by atoms with Crippen LogP contribution in [0, 0.1) is 5.92 Å². The van der Waals surface area contributed by atoms with E-state index in [0.29, 0.717) is 37.1 Å². The van der Waals surface area contributed by atoms with Gasteiger partial charge in [-0.25, -0.2) is 0 Å². The number of hydrogen-bond acceptors (Lipinski definition) is 3. The van der Waals surface area contributed by atoms with E-state index in [9.17, 15) is 14.4 Å². The van der Waals surface area contributed by atoms with Crippen LogP contribution in [-0.4, -0.2) is 41.8 Å². The van der Waals surface area contributed by atoms with Crippen molar-refractivity contribution in [1.29, 1.82) is 0 Å². The minimum absolute atomic E-state index is 0.0598. The minimum atomic E-state index is -0.325. The Morgan fingerprint density at radius 3 is 2.03 bits per heavy atom. The average molecular weight is 514 g/mol. The van der Waals surface area contributed by atoms with Crippen molar-refractivity contribution in [3.8, 4) is 0 Å². The van der Waals surface area contributed by atoms with Gasteiger partial charge >= 0.3 is 0 Å². The summed E-state index contributed by atoms with van der Waals surface area (Å²) in [4.78, 5) is 41.1. The molecule has 2 N–H and O–H groups in total. The van der Waals surface area contributed by atoms with Gasteiger partial charge in [0.05, 0.1) is 0 Å². The van der Waals surface area contributed by atoms with E-state index in [1.165, 1.54) is 0 Å². The minimum Gasteiger partial charge on any atom is -0.349 e. The average Bonchev–Trinajstić information content (AvgIpc) is 2.93. The molecule has 38 heavy (non-hydrogen) atoms. The lowest BCUT2D eigenvalue weighted by Crippen LogP contribution is -2.39. The van der Waals surface area contributed by atoms with Crippen molar-refractivity contribution in [2.45, 2.75) is 52.5 Å². The molecule has 6 heteroatoms. The number of carbonyl (C=O) groups is 3. The number of benzene rings is 3. The number of nitrogens with one attached hydrogen (secondary N) is 2. The van der Waals surface area contributed by atoms with E-state index < -0.39 is 0 Å². The van der Waals surface area contributed by atoms with Crippen molar-refractivity contribution in [2.24, 2.45) is 5.92 Å². The highest BCUT2D eigenvalue weighted by Gasteiger charge is 2.23. The summed E-state index contributed by atoms with van der Waals surface area (Å²) in [6, 6.07) is 25.9. The van der Waals surface area contributed by atoms with Crippen molar-refractivity contribution in [3.05, 3.63) is 102 Å². The molecule has 0 saturated heterocycles. The summed E-state index contributed by atoms with van der Waals surface area (Å²) < 4.78 is 0. The van der Waals surface area contributed by atoms with Crippen molar-refractivity contribution < 1.29 is 14.4 Å². The topological polar surface area (TPSA) is 78.5 Å². The maximum Gasteiger partial charge on any atom is 0.253 e. The van der Waals surface area contributed by atoms with Crippen LogP contribution in [0.2, 0.25) is 0 Å². The number of carbonyl (C=O) groups excluding carboxylic acids is 3. The largest absolute Gasteiger partial charge is 0.349 e. The van der Waals surface area contributed by atoms with Gasteiger partial charge in [-0.3, -0.25) is 14.4 Å². The van der Waals surface area contributed by atoms with Crippen LogP contribution in [-0.2, 0) is 11.2 Å². The molecule has 0 spiro atoms. The normalized spacial score (nSPS) is 12.3. The molecule has 0 aliphatic carbocycles. The van der Waals surface area contributed by atoms with Crippen LogP contribution in [0.15, 0.2) is 84.9 Å². The Hall–Kier alpha value is -3.93. The summed E-state index contributed by atoms with van der Waals surface area (Å²) in [5.74, 6) is -0.735. The lowest BCUT2D eigenvalue weighted by molar-refractivity contribution is -0.119. The second kappa shape index (κ2) is 14.7. The molecule has 0 heterocycles. The van der Waals surface area contributed by atoms with E-state index in [2.05, 4.69) is 10.6 Å². The molecule has 0 aliphatic heterocycles. The van der Waals surface area contributed by atoms with Crippen LogP contribution in [0.4, 0.5) is 5.69 Å². The third kappa shape index (κ3) is 8.58. The Bertz CT molecular complexity index is 1170. The molecule has 0 aromatic heterocycles. The molecular weight excluding hydrogens is 474 g/mol. The van der Waals surface area contributed by atoms with E-state index in [1.54, 1.807) is 24.3 Å². The fraction of sp³-hybridized carbons (Fsp3) is 0.344. The van der Waals surface area contributed by atoms with Crippen molar-refractivity contribution >= 4 is 23.4 Å². The van der Waals surface area contributed by atoms with Crippen LogP contribution < -0.4 is 10.6 Å². The summed E-state index contributed by atoms with van der Waals surface area (Å²) in [6.45, 7) is 7.34. The highest BCUT2D eigenvalue weighted by atomic mass is 16.2. The first kappa shape index (κ1) is 28.6. The standard InChI is InChI=1S/C32H39N3O3/c1-4-19-35(20-5-2)32(38)27-16-12-15-26(23-27)31(37)34-29(22-25-13-8-6-9-14-25)21-24(3)30(36)33-28-17-10-7-11-18-28/h6-18,23-24,29H,4-5,19-22H2,1-3H3,(H,33,36)(H,34,37)/t24?,29-/m1/s1. The zero-order chi connectivity index (χ0) is 27.3. The molecule has 0 bridgehead atoms. The van der Waals surface area contributed by atoms with E-state index in [1.807, 2.05) is 86.3 Å². The van der Waals surface area contributed by atoms with E-state index >= 15 is 0 Å². The molecule has 3 aromatic carbocycles. The molecule has 3 aromatic rings. The molecule has 0 saturated carbocycles. The third-order valence-electron chi connectivity index (χ3n) is 6.43. The van der Waals surface area contributed by atoms with Gasteiger partial charge < -0.3 is 15.5 Å². The summed E-state index contributed by atoms with van der Waals surface area (Å²) in [7, 11) is 0. The lowest BCUT2D eigenvalue weighted by atomic mass is 9.95. The van der Waals surface area contributed by atoms with E-state index in [0.717, 1.165) is 24.1 Å². The predicted octanol–water partition coefficient (Wildman–Crippen LogP) is 5.95. The summed E-state index contributed by atoms with van der Waals surface area (Å²) in [5, 5.41) is 6.09. The SMILES string of the molecule is CCCN(CCC)C(=O)c1cccc(C(=O)N[C@@H](Cc2ccccc2)CC(C)C(=O)Nc2ccccc2)c1. The van der Waals surface area contributed by atoms with Crippen molar-refractivity contribution in [3.63, 3.8) is 0 Å². The van der Waals surface area contributed by atoms with Gasteiger partial charge in [0, 0.05) is 41.9 Å². The Morgan fingerprint density at radius 2 is 1.39 bits per heavy atom. The second-order valence-corrected chi connectivity index (χ2v) is 9.73.